The van der Waals surface area contributed by atoms with Crippen LogP contribution in [0.1, 0.15) is 15.9 Å². The zero-order chi connectivity index (χ0) is 15.0. The third-order valence-corrected chi connectivity index (χ3v) is 3.41. The summed E-state index contributed by atoms with van der Waals surface area (Å²) >= 11 is 8.09. The molecule has 0 fully saturated rings. The largest absolute Gasteiger partial charge is 0.288 e. The van der Waals surface area contributed by atoms with Gasteiger partial charge >= 0.3 is 0 Å². The first-order valence-electron chi connectivity index (χ1n) is 5.15. The molecule has 0 N–H and O–H groups in total. The van der Waals surface area contributed by atoms with Crippen molar-refractivity contribution in [3.8, 4) is 0 Å². The van der Waals surface area contributed by atoms with Gasteiger partial charge in [-0.2, -0.15) is 0 Å². The fourth-order valence-electron chi connectivity index (χ4n) is 1.54. The molecule has 1 nitrogen and oxygen atoms in total. The molecule has 0 aliphatic heterocycles. The van der Waals surface area contributed by atoms with Crippen LogP contribution in [0.5, 0.6) is 0 Å². The molecule has 0 spiro atoms. The predicted octanol–water partition coefficient (Wildman–Crippen LogP) is 4.89. The SMILES string of the molecule is O=C(c1cc(F)c(Cl)cc1F)c1cc(F)c(Br)cc1F. The lowest BCUT2D eigenvalue weighted by atomic mass is 10.0. The Labute approximate surface area is 124 Å². The summed E-state index contributed by atoms with van der Waals surface area (Å²) in [6.07, 6.45) is 0. The Morgan fingerprint density at radius 2 is 1.35 bits per heavy atom. The molecule has 0 bridgehead atoms. The van der Waals surface area contributed by atoms with Gasteiger partial charge in [-0.3, -0.25) is 4.79 Å². The van der Waals surface area contributed by atoms with Crippen molar-refractivity contribution in [2.24, 2.45) is 0 Å². The molecule has 2 rings (SSSR count). The van der Waals surface area contributed by atoms with E-state index in [1.165, 1.54) is 0 Å². The number of carbonyl (C=O) groups excluding carboxylic acids is 1. The van der Waals surface area contributed by atoms with Crippen LogP contribution in [-0.2, 0) is 0 Å². The number of halogens is 6. The van der Waals surface area contributed by atoms with Gasteiger partial charge in [0.1, 0.15) is 23.3 Å². The number of hydrogen-bond donors (Lipinski definition) is 0. The Morgan fingerprint density at radius 3 is 1.95 bits per heavy atom. The zero-order valence-electron chi connectivity index (χ0n) is 9.49. The summed E-state index contributed by atoms with van der Waals surface area (Å²) < 4.78 is 53.6. The highest BCUT2D eigenvalue weighted by molar-refractivity contribution is 9.10. The average molecular weight is 368 g/mol. The number of carbonyl (C=O) groups is 1. The molecule has 0 atom stereocenters. The second-order valence-electron chi connectivity index (χ2n) is 3.82. The van der Waals surface area contributed by atoms with Crippen LogP contribution in [0.3, 0.4) is 0 Å². The van der Waals surface area contributed by atoms with Crippen molar-refractivity contribution in [3.63, 3.8) is 0 Å². The van der Waals surface area contributed by atoms with Gasteiger partial charge in [-0.1, -0.05) is 11.6 Å². The van der Waals surface area contributed by atoms with Crippen molar-refractivity contribution in [3.05, 3.63) is 68.2 Å². The molecule has 0 amide bonds. The number of benzene rings is 2. The minimum Gasteiger partial charge on any atom is -0.288 e. The first-order valence-corrected chi connectivity index (χ1v) is 6.32. The molecule has 0 aromatic heterocycles. The summed E-state index contributed by atoms with van der Waals surface area (Å²) in [6.45, 7) is 0. The van der Waals surface area contributed by atoms with Gasteiger partial charge in [0.15, 0.2) is 5.78 Å². The molecule has 7 heteroatoms. The molecule has 2 aromatic carbocycles. The van der Waals surface area contributed by atoms with Crippen LogP contribution in [0, 0.1) is 23.3 Å². The minimum atomic E-state index is -1.18. The lowest BCUT2D eigenvalue weighted by Crippen LogP contribution is -2.08. The number of ketones is 1. The quantitative estimate of drug-likeness (QED) is 0.420. The van der Waals surface area contributed by atoms with Crippen LogP contribution in [0.15, 0.2) is 28.7 Å². The predicted molar refractivity (Wildman–Crippen MR) is 68.9 cm³/mol. The van der Waals surface area contributed by atoms with E-state index < -0.39 is 45.2 Å². The van der Waals surface area contributed by atoms with E-state index >= 15 is 0 Å². The van der Waals surface area contributed by atoms with Gasteiger partial charge < -0.3 is 0 Å². The average Bonchev–Trinajstić information content (AvgIpc) is 2.37. The number of rotatable bonds is 2. The van der Waals surface area contributed by atoms with Crippen LogP contribution < -0.4 is 0 Å². The fourth-order valence-corrected chi connectivity index (χ4v) is 2.00. The molecule has 20 heavy (non-hydrogen) atoms. The van der Waals surface area contributed by atoms with Gasteiger partial charge in [-0.05, 0) is 40.2 Å². The second kappa shape index (κ2) is 5.54. The topological polar surface area (TPSA) is 17.1 Å². The summed E-state index contributed by atoms with van der Waals surface area (Å²) in [4.78, 5) is 11.9. The molecule has 0 heterocycles. The Hall–Kier alpha value is -1.40. The van der Waals surface area contributed by atoms with E-state index in [2.05, 4.69) is 15.9 Å². The van der Waals surface area contributed by atoms with E-state index in [-0.39, 0.29) is 4.47 Å². The lowest BCUT2D eigenvalue weighted by molar-refractivity contribution is 0.103. The van der Waals surface area contributed by atoms with Crippen LogP contribution >= 0.6 is 27.5 Å². The van der Waals surface area contributed by atoms with Crippen LogP contribution in [0.25, 0.3) is 0 Å². The van der Waals surface area contributed by atoms with Crippen LogP contribution in [-0.4, -0.2) is 5.78 Å². The molecule has 0 aliphatic rings. The maximum atomic E-state index is 13.6. The minimum absolute atomic E-state index is 0.186. The third kappa shape index (κ3) is 2.71. The van der Waals surface area contributed by atoms with Gasteiger partial charge in [0.25, 0.3) is 0 Å². The van der Waals surface area contributed by atoms with E-state index in [1.54, 1.807) is 0 Å². The first kappa shape index (κ1) is 15.0. The van der Waals surface area contributed by atoms with Gasteiger partial charge in [-0.15, -0.1) is 0 Å². The highest BCUT2D eigenvalue weighted by Gasteiger charge is 2.21. The fraction of sp³-hybridized carbons (Fsp3) is 0. The van der Waals surface area contributed by atoms with Crippen molar-refractivity contribution < 1.29 is 22.4 Å². The summed E-state index contributed by atoms with van der Waals surface area (Å²) in [5.41, 5.74) is -1.43. The summed E-state index contributed by atoms with van der Waals surface area (Å²) in [6, 6.07) is 2.47. The first-order chi connectivity index (χ1) is 9.31. The van der Waals surface area contributed by atoms with E-state index in [4.69, 9.17) is 11.6 Å². The molecule has 0 radical (unpaired) electrons. The van der Waals surface area contributed by atoms with Crippen molar-refractivity contribution in [2.75, 3.05) is 0 Å². The second-order valence-corrected chi connectivity index (χ2v) is 5.08. The Kier molecular flexibility index (Phi) is 4.15. The van der Waals surface area contributed by atoms with Gasteiger partial charge in [0.05, 0.1) is 20.6 Å². The van der Waals surface area contributed by atoms with E-state index in [9.17, 15) is 22.4 Å². The van der Waals surface area contributed by atoms with Gasteiger partial charge in [-0.25, -0.2) is 17.6 Å². The lowest BCUT2D eigenvalue weighted by Gasteiger charge is -2.06. The van der Waals surface area contributed by atoms with Crippen LogP contribution in [0.2, 0.25) is 5.02 Å². The van der Waals surface area contributed by atoms with E-state index in [0.717, 1.165) is 6.07 Å². The molecular weight excluding hydrogens is 363 g/mol. The monoisotopic (exact) mass is 366 g/mol. The van der Waals surface area contributed by atoms with E-state index in [0.29, 0.717) is 18.2 Å². The summed E-state index contributed by atoms with van der Waals surface area (Å²) in [7, 11) is 0. The Bertz CT molecular complexity index is 659. The molecule has 0 saturated heterocycles. The number of hydrogen-bond acceptors (Lipinski definition) is 1. The molecule has 104 valence electrons. The maximum absolute atomic E-state index is 13.6. The van der Waals surface area contributed by atoms with Crippen molar-refractivity contribution >= 4 is 33.3 Å². The third-order valence-electron chi connectivity index (χ3n) is 2.51. The summed E-state index contributed by atoms with van der Waals surface area (Å²) in [5.74, 6) is -5.29. The van der Waals surface area contributed by atoms with Crippen LogP contribution in [0.4, 0.5) is 17.6 Å². The maximum Gasteiger partial charge on any atom is 0.199 e. The van der Waals surface area contributed by atoms with Gasteiger partial charge in [0.2, 0.25) is 0 Å². The normalized spacial score (nSPS) is 10.7. The van der Waals surface area contributed by atoms with Crippen molar-refractivity contribution in [1.29, 1.82) is 0 Å². The molecule has 0 aliphatic carbocycles. The molecule has 0 unspecified atom stereocenters. The Morgan fingerprint density at radius 1 is 0.850 bits per heavy atom. The highest BCUT2D eigenvalue weighted by Crippen LogP contribution is 2.25. The molecular formula is C13H4BrClF4O. The molecule has 0 saturated carbocycles. The standard InChI is InChI=1S/C13H4BrClF4O/c14-7-3-9(16)5(1-11(7)18)13(20)6-2-12(19)8(15)4-10(6)17/h1-4H. The highest BCUT2D eigenvalue weighted by atomic mass is 79.9. The summed E-state index contributed by atoms with van der Waals surface area (Å²) in [5, 5.41) is -0.512. The smallest absolute Gasteiger partial charge is 0.199 e. The Balaban J connectivity index is 2.57. The molecule has 2 aromatic rings. The van der Waals surface area contributed by atoms with Crippen molar-refractivity contribution in [2.45, 2.75) is 0 Å². The van der Waals surface area contributed by atoms with Gasteiger partial charge in [0, 0.05) is 0 Å². The van der Waals surface area contributed by atoms with Crippen molar-refractivity contribution in [1.82, 2.24) is 0 Å². The van der Waals surface area contributed by atoms with E-state index in [1.807, 2.05) is 0 Å². The zero-order valence-corrected chi connectivity index (χ0v) is 11.8.